The lowest BCUT2D eigenvalue weighted by atomic mass is 10.1. The van der Waals surface area contributed by atoms with Crippen LogP contribution in [0.5, 0.6) is 0 Å². The molecule has 35 heavy (non-hydrogen) atoms. The first-order chi connectivity index (χ1) is 17.0. The van der Waals surface area contributed by atoms with Gasteiger partial charge in [0.25, 0.3) is 5.56 Å². The minimum Gasteiger partial charge on any atom is -0.387 e. The zero-order valence-electron chi connectivity index (χ0n) is 21.4. The van der Waals surface area contributed by atoms with E-state index in [9.17, 15) is 19.8 Å². The lowest BCUT2D eigenvalue weighted by Gasteiger charge is -2.16. The van der Waals surface area contributed by atoms with E-state index in [1.807, 2.05) is 0 Å². The highest BCUT2D eigenvalue weighted by Crippen LogP contribution is 2.28. The highest BCUT2D eigenvalue weighted by Gasteiger charge is 2.44. The Morgan fingerprint density at radius 1 is 0.914 bits per heavy atom. The molecule has 0 unspecified atom stereocenters. The molecule has 8 nitrogen and oxygen atoms in total. The number of aromatic nitrogens is 2. The van der Waals surface area contributed by atoms with E-state index < -0.39 is 35.8 Å². The number of nitrogens with zero attached hydrogens (tertiary/aromatic N) is 1. The van der Waals surface area contributed by atoms with Crippen LogP contribution in [0.4, 0.5) is 0 Å². The molecule has 0 aliphatic carbocycles. The van der Waals surface area contributed by atoms with Gasteiger partial charge in [-0.2, -0.15) is 0 Å². The first-order valence-electron chi connectivity index (χ1n) is 13.6. The minimum absolute atomic E-state index is 0.137. The smallest absolute Gasteiger partial charge is 0.330 e. The van der Waals surface area contributed by atoms with Crippen LogP contribution >= 0.6 is 0 Å². The molecule has 3 N–H and O–H groups in total. The molecule has 1 saturated heterocycles. The maximum Gasteiger partial charge on any atom is 0.330 e. The number of rotatable bonds is 19. The Labute approximate surface area is 209 Å². The summed E-state index contributed by atoms with van der Waals surface area (Å²) in [6.07, 6.45) is 19.2. The third-order valence-electron chi connectivity index (χ3n) is 6.55. The first-order valence-corrected chi connectivity index (χ1v) is 13.6. The van der Waals surface area contributed by atoms with Crippen molar-refractivity contribution in [1.82, 2.24) is 9.55 Å². The summed E-state index contributed by atoms with van der Waals surface area (Å²) in [6.45, 7) is 2.96. The molecular weight excluding hydrogens is 448 g/mol. The van der Waals surface area contributed by atoms with Crippen LogP contribution in [0.2, 0.25) is 0 Å². The molecule has 1 fully saturated rings. The highest BCUT2D eigenvalue weighted by atomic mass is 16.6. The molecule has 1 aliphatic rings. The van der Waals surface area contributed by atoms with Gasteiger partial charge < -0.3 is 19.7 Å². The number of unbranched alkanes of at least 4 members (excludes halogenated alkanes) is 12. The van der Waals surface area contributed by atoms with Crippen LogP contribution < -0.4 is 11.2 Å². The number of allylic oxidation sites excluding steroid dienone is 2. The summed E-state index contributed by atoms with van der Waals surface area (Å²) in [6, 6.07) is 1.17. The molecule has 0 spiro atoms. The summed E-state index contributed by atoms with van der Waals surface area (Å²) in [5.74, 6) is 0. The van der Waals surface area contributed by atoms with Crippen LogP contribution in [-0.2, 0) is 9.47 Å². The van der Waals surface area contributed by atoms with Crippen molar-refractivity contribution in [2.45, 2.75) is 121 Å². The fourth-order valence-electron chi connectivity index (χ4n) is 4.38. The second kappa shape index (κ2) is 17.7. The van der Waals surface area contributed by atoms with E-state index in [0.29, 0.717) is 6.61 Å². The number of aliphatic hydroxyl groups excluding tert-OH is 2. The van der Waals surface area contributed by atoms with Gasteiger partial charge in [-0.15, -0.1) is 0 Å². The standard InChI is InChI=1S/C27H46N2O6/c1-2-3-4-5-6-7-8-9-10-11-12-13-14-15-16-17-20-34-21-22-24(31)25(32)26(35-22)29-19-18-23(30)28-27(29)33/h9-10,18-19,22,24-26,31-32H,2-8,11-17,20-21H2,1H3,(H,28,30,33)/b10-9-/t22-,24-,25-,26-/m1/s1. The number of H-pyrrole nitrogens is 1. The summed E-state index contributed by atoms with van der Waals surface area (Å²) in [4.78, 5) is 25.2. The normalized spacial score (nSPS) is 22.4. The average Bonchev–Trinajstić information content (AvgIpc) is 3.12. The predicted molar refractivity (Wildman–Crippen MR) is 138 cm³/mol. The first kappa shape index (κ1) is 29.5. The van der Waals surface area contributed by atoms with E-state index in [2.05, 4.69) is 24.1 Å². The van der Waals surface area contributed by atoms with Crippen molar-refractivity contribution in [3.8, 4) is 0 Å². The molecule has 0 saturated carbocycles. The van der Waals surface area contributed by atoms with Crippen LogP contribution in [0, 0.1) is 0 Å². The molecule has 4 atom stereocenters. The molecule has 0 amide bonds. The van der Waals surface area contributed by atoms with Crippen LogP contribution in [-0.4, -0.2) is 51.3 Å². The average molecular weight is 495 g/mol. The van der Waals surface area contributed by atoms with E-state index in [4.69, 9.17) is 9.47 Å². The monoisotopic (exact) mass is 494 g/mol. The lowest BCUT2D eigenvalue weighted by Crippen LogP contribution is -2.37. The second-order valence-corrected chi connectivity index (χ2v) is 9.58. The Morgan fingerprint density at radius 2 is 1.51 bits per heavy atom. The van der Waals surface area contributed by atoms with Crippen molar-refractivity contribution in [3.63, 3.8) is 0 Å². The minimum atomic E-state index is -1.28. The van der Waals surface area contributed by atoms with E-state index in [1.165, 1.54) is 89.3 Å². The van der Waals surface area contributed by atoms with Gasteiger partial charge in [-0.1, -0.05) is 76.9 Å². The van der Waals surface area contributed by atoms with E-state index in [0.717, 1.165) is 17.4 Å². The van der Waals surface area contributed by atoms with Crippen LogP contribution in [0.1, 0.15) is 103 Å². The van der Waals surface area contributed by atoms with Crippen molar-refractivity contribution < 1.29 is 19.7 Å². The molecule has 2 heterocycles. The Bertz CT molecular complexity index is 820. The molecule has 0 radical (unpaired) electrons. The molecule has 2 rings (SSSR count). The molecule has 8 heteroatoms. The summed E-state index contributed by atoms with van der Waals surface area (Å²) in [5, 5.41) is 20.5. The van der Waals surface area contributed by atoms with Crippen molar-refractivity contribution in [2.24, 2.45) is 0 Å². The lowest BCUT2D eigenvalue weighted by molar-refractivity contribution is -0.0686. The van der Waals surface area contributed by atoms with Crippen molar-refractivity contribution in [3.05, 3.63) is 45.3 Å². The summed E-state index contributed by atoms with van der Waals surface area (Å²) in [7, 11) is 0. The van der Waals surface area contributed by atoms with E-state index in [-0.39, 0.29) is 6.61 Å². The topological polar surface area (TPSA) is 114 Å². The third kappa shape index (κ3) is 11.2. The Kier molecular flexibility index (Phi) is 14.9. The van der Waals surface area contributed by atoms with Gasteiger partial charge in [0, 0.05) is 18.9 Å². The third-order valence-corrected chi connectivity index (χ3v) is 6.55. The maximum absolute atomic E-state index is 11.9. The van der Waals surface area contributed by atoms with Gasteiger partial charge in [0.15, 0.2) is 6.23 Å². The van der Waals surface area contributed by atoms with Gasteiger partial charge in [-0.3, -0.25) is 14.3 Å². The largest absolute Gasteiger partial charge is 0.387 e. The Hall–Kier alpha value is -1.74. The maximum atomic E-state index is 11.9. The van der Waals surface area contributed by atoms with Crippen LogP contribution in [0.15, 0.2) is 34.0 Å². The number of aromatic amines is 1. The fraction of sp³-hybridized carbons (Fsp3) is 0.778. The van der Waals surface area contributed by atoms with Crippen molar-refractivity contribution >= 4 is 0 Å². The number of nitrogens with one attached hydrogen (secondary N) is 1. The Morgan fingerprint density at radius 3 is 2.14 bits per heavy atom. The van der Waals surface area contributed by atoms with Gasteiger partial charge in [-0.25, -0.2) is 4.79 Å². The van der Waals surface area contributed by atoms with Crippen LogP contribution in [0.25, 0.3) is 0 Å². The molecule has 0 aromatic carbocycles. The van der Waals surface area contributed by atoms with Crippen LogP contribution in [0.3, 0.4) is 0 Å². The summed E-state index contributed by atoms with van der Waals surface area (Å²) < 4.78 is 12.3. The number of hydrogen-bond acceptors (Lipinski definition) is 6. The molecular formula is C27H46N2O6. The van der Waals surface area contributed by atoms with Gasteiger partial charge >= 0.3 is 5.69 Å². The second-order valence-electron chi connectivity index (χ2n) is 9.58. The summed E-state index contributed by atoms with van der Waals surface area (Å²) >= 11 is 0. The SMILES string of the molecule is CCCCCCCC/C=C\CCCCCCCCOC[C@H]1O[C@@H](n2ccc(=O)[nH]c2=O)[C@H](O)[C@@H]1O. The highest BCUT2D eigenvalue weighted by molar-refractivity contribution is 4.93. The van der Waals surface area contributed by atoms with Gasteiger partial charge in [0.05, 0.1) is 6.61 Å². The zero-order chi connectivity index (χ0) is 25.3. The van der Waals surface area contributed by atoms with Gasteiger partial charge in [0.1, 0.15) is 18.3 Å². The number of aliphatic hydroxyl groups is 2. The van der Waals surface area contributed by atoms with E-state index in [1.54, 1.807) is 0 Å². The molecule has 1 aliphatic heterocycles. The van der Waals surface area contributed by atoms with Crippen molar-refractivity contribution in [1.29, 1.82) is 0 Å². The molecule has 0 bridgehead atoms. The Balaban J connectivity index is 1.44. The zero-order valence-corrected chi connectivity index (χ0v) is 21.4. The molecule has 1 aromatic heterocycles. The summed E-state index contributed by atoms with van der Waals surface area (Å²) in [5.41, 5.74) is -1.23. The molecule has 1 aromatic rings. The van der Waals surface area contributed by atoms with Crippen molar-refractivity contribution in [2.75, 3.05) is 13.2 Å². The quantitative estimate of drug-likeness (QED) is 0.196. The number of ether oxygens (including phenoxy) is 2. The molecule has 200 valence electrons. The van der Waals surface area contributed by atoms with Gasteiger partial charge in [0.2, 0.25) is 0 Å². The number of hydrogen-bond donors (Lipinski definition) is 3. The fourth-order valence-corrected chi connectivity index (χ4v) is 4.38. The van der Waals surface area contributed by atoms with E-state index >= 15 is 0 Å². The predicted octanol–water partition coefficient (Wildman–Crippen LogP) is 4.21. The van der Waals surface area contributed by atoms with Gasteiger partial charge in [-0.05, 0) is 32.1 Å².